The number of piperazine rings is 1. The average molecular weight is 460 g/mol. The summed E-state index contributed by atoms with van der Waals surface area (Å²) < 4.78 is 11.9. The molecule has 5 rings (SSSR count). The summed E-state index contributed by atoms with van der Waals surface area (Å²) in [5.74, 6) is 0.514. The number of fused-ring (bicyclic) bond motifs is 3. The van der Waals surface area contributed by atoms with Crippen molar-refractivity contribution in [2.45, 2.75) is 69.1 Å². The number of carbonyl (C=O) groups is 1. The molecule has 1 amide bonds. The Balaban J connectivity index is 1.32. The summed E-state index contributed by atoms with van der Waals surface area (Å²) in [7, 11) is 1.55. The number of hydrogen-bond acceptors (Lipinski definition) is 8. The number of carbonyl (C=O) groups excluding carboxylic acids is 1. The van der Waals surface area contributed by atoms with E-state index in [0.29, 0.717) is 18.3 Å². The van der Waals surface area contributed by atoms with Crippen molar-refractivity contribution < 1.29 is 14.3 Å². The number of nitrogens with zero attached hydrogens (tertiary/aromatic N) is 3. The molecule has 2 aromatic rings. The molecular weight excluding hydrogens is 426 g/mol. The fourth-order valence-electron chi connectivity index (χ4n) is 5.69. The lowest BCUT2D eigenvalue weighted by atomic mass is 9.91. The molecule has 0 unspecified atom stereocenters. The molecule has 9 heteroatoms. The number of methoxy groups -OCH3 is 1. The Morgan fingerprint density at radius 1 is 1.25 bits per heavy atom. The third-order valence-corrected chi connectivity index (χ3v) is 8.56. The second-order valence-electron chi connectivity index (χ2n) is 9.23. The lowest BCUT2D eigenvalue weighted by Gasteiger charge is -2.39. The summed E-state index contributed by atoms with van der Waals surface area (Å²) in [5, 5.41) is 4.48. The van der Waals surface area contributed by atoms with E-state index in [4.69, 9.17) is 15.2 Å². The van der Waals surface area contributed by atoms with Crippen molar-refractivity contribution in [2.24, 2.45) is 5.73 Å². The Hall–Kier alpha value is -1.81. The zero-order valence-electron chi connectivity index (χ0n) is 18.7. The van der Waals surface area contributed by atoms with E-state index in [0.717, 1.165) is 62.1 Å². The molecular formula is C23H33N5O3S. The van der Waals surface area contributed by atoms with Gasteiger partial charge in [0, 0.05) is 44.2 Å². The molecule has 8 nitrogen and oxygen atoms in total. The van der Waals surface area contributed by atoms with Gasteiger partial charge < -0.3 is 20.5 Å². The SMILES string of the molecule is CO[C@@H](C[C@H]1CCc2sc3ncnc(O[C@H]4CC[C@H](N5CCNCC5)CC4)c3c21)C(N)=O. The highest BCUT2D eigenvalue weighted by atomic mass is 32.1. The quantitative estimate of drug-likeness (QED) is 0.654. The fraction of sp³-hybridized carbons (Fsp3) is 0.696. The summed E-state index contributed by atoms with van der Waals surface area (Å²) in [6, 6.07) is 0.678. The van der Waals surface area contributed by atoms with Gasteiger partial charge in [-0.1, -0.05) is 0 Å². The van der Waals surface area contributed by atoms with Gasteiger partial charge in [0.15, 0.2) is 0 Å². The third kappa shape index (κ3) is 4.35. The molecule has 2 fully saturated rings. The minimum absolute atomic E-state index is 0.194. The largest absolute Gasteiger partial charge is 0.474 e. The number of thiophene rings is 1. The van der Waals surface area contributed by atoms with Crippen LogP contribution in [0.1, 0.15) is 54.9 Å². The topological polar surface area (TPSA) is 103 Å². The van der Waals surface area contributed by atoms with Gasteiger partial charge in [-0.2, -0.15) is 0 Å². The lowest BCUT2D eigenvalue weighted by Crippen LogP contribution is -2.50. The minimum atomic E-state index is -0.574. The van der Waals surface area contributed by atoms with Crippen molar-refractivity contribution >= 4 is 27.5 Å². The van der Waals surface area contributed by atoms with Crippen LogP contribution in [0.5, 0.6) is 5.88 Å². The Kier molecular flexibility index (Phi) is 6.59. The second-order valence-corrected chi connectivity index (χ2v) is 10.3. The van der Waals surface area contributed by atoms with Crippen molar-refractivity contribution in [3.63, 3.8) is 0 Å². The first-order valence-corrected chi connectivity index (χ1v) is 12.7. The number of amides is 1. The molecule has 2 aliphatic carbocycles. The Morgan fingerprint density at radius 3 is 2.75 bits per heavy atom. The fourth-order valence-corrected chi connectivity index (χ4v) is 6.92. The van der Waals surface area contributed by atoms with Gasteiger partial charge in [-0.25, -0.2) is 9.97 Å². The van der Waals surface area contributed by atoms with Gasteiger partial charge in [0.2, 0.25) is 11.8 Å². The van der Waals surface area contributed by atoms with Crippen LogP contribution in [0.15, 0.2) is 6.33 Å². The number of hydrogen-bond donors (Lipinski definition) is 2. The molecule has 0 aromatic carbocycles. The van der Waals surface area contributed by atoms with E-state index in [9.17, 15) is 4.79 Å². The third-order valence-electron chi connectivity index (χ3n) is 7.39. The number of nitrogens with one attached hydrogen (secondary N) is 1. The molecule has 32 heavy (non-hydrogen) atoms. The van der Waals surface area contributed by atoms with E-state index in [1.807, 2.05) is 0 Å². The number of aryl methyl sites for hydroxylation is 1. The van der Waals surface area contributed by atoms with Crippen molar-refractivity contribution in [2.75, 3.05) is 33.3 Å². The zero-order chi connectivity index (χ0) is 22.1. The summed E-state index contributed by atoms with van der Waals surface area (Å²) in [5.41, 5.74) is 6.78. The van der Waals surface area contributed by atoms with Crippen LogP contribution in [-0.4, -0.2) is 72.3 Å². The smallest absolute Gasteiger partial charge is 0.246 e. The van der Waals surface area contributed by atoms with Gasteiger partial charge in [0.05, 0.1) is 5.39 Å². The molecule has 0 spiro atoms. The molecule has 3 aliphatic rings. The molecule has 3 N–H and O–H groups in total. The second kappa shape index (κ2) is 9.59. The monoisotopic (exact) mass is 459 g/mol. The average Bonchev–Trinajstić information content (AvgIpc) is 3.38. The zero-order valence-corrected chi connectivity index (χ0v) is 19.5. The van der Waals surface area contributed by atoms with E-state index < -0.39 is 12.0 Å². The Morgan fingerprint density at radius 2 is 2.03 bits per heavy atom. The summed E-state index contributed by atoms with van der Waals surface area (Å²) in [4.78, 5) is 25.8. The van der Waals surface area contributed by atoms with E-state index in [1.165, 1.54) is 23.3 Å². The summed E-state index contributed by atoms with van der Waals surface area (Å²) >= 11 is 1.73. The molecule has 3 heterocycles. The van der Waals surface area contributed by atoms with Crippen LogP contribution in [-0.2, 0) is 16.0 Å². The van der Waals surface area contributed by atoms with Crippen molar-refractivity contribution in [1.82, 2.24) is 20.2 Å². The van der Waals surface area contributed by atoms with Gasteiger partial charge in [0.1, 0.15) is 23.4 Å². The van der Waals surface area contributed by atoms with Crippen LogP contribution in [0.4, 0.5) is 0 Å². The van der Waals surface area contributed by atoms with Crippen LogP contribution >= 0.6 is 11.3 Å². The van der Waals surface area contributed by atoms with E-state index in [1.54, 1.807) is 24.8 Å². The van der Waals surface area contributed by atoms with Gasteiger partial charge in [-0.3, -0.25) is 9.69 Å². The van der Waals surface area contributed by atoms with Gasteiger partial charge in [0.25, 0.3) is 0 Å². The van der Waals surface area contributed by atoms with E-state index >= 15 is 0 Å². The standard InChI is InChI=1S/C23H33N5O3S/c1-30-17(21(24)29)12-14-2-7-18-19(14)20-22(26-13-27-23(20)32-18)31-16-5-3-15(4-6-16)28-10-8-25-9-11-28/h13-17,25H,2-12H2,1H3,(H2,24,29)/t14-,15-,16-,17+/m1/s1. The number of aromatic nitrogens is 2. The first kappa shape index (κ1) is 22.0. The highest BCUT2D eigenvalue weighted by Gasteiger charge is 2.34. The summed E-state index contributed by atoms with van der Waals surface area (Å²) in [6.45, 7) is 4.50. The molecule has 2 atom stereocenters. The molecule has 1 saturated carbocycles. The molecule has 1 saturated heterocycles. The molecule has 2 aromatic heterocycles. The highest BCUT2D eigenvalue weighted by Crippen LogP contribution is 2.48. The van der Waals surface area contributed by atoms with Crippen LogP contribution in [0.3, 0.4) is 0 Å². The van der Waals surface area contributed by atoms with Gasteiger partial charge in [-0.15, -0.1) is 11.3 Å². The number of nitrogens with two attached hydrogens (primary N) is 1. The van der Waals surface area contributed by atoms with Crippen LogP contribution in [0, 0.1) is 0 Å². The van der Waals surface area contributed by atoms with Crippen molar-refractivity contribution in [1.29, 1.82) is 0 Å². The summed E-state index contributed by atoms with van der Waals surface area (Å²) in [6.07, 6.45) is 8.29. The molecule has 174 valence electrons. The maximum Gasteiger partial charge on any atom is 0.246 e. The highest BCUT2D eigenvalue weighted by molar-refractivity contribution is 7.19. The minimum Gasteiger partial charge on any atom is -0.474 e. The van der Waals surface area contributed by atoms with Crippen LogP contribution in [0.2, 0.25) is 0 Å². The van der Waals surface area contributed by atoms with Crippen molar-refractivity contribution in [3.8, 4) is 5.88 Å². The van der Waals surface area contributed by atoms with Gasteiger partial charge >= 0.3 is 0 Å². The molecule has 0 radical (unpaired) electrons. The van der Waals surface area contributed by atoms with Crippen molar-refractivity contribution in [3.05, 3.63) is 16.8 Å². The first-order chi connectivity index (χ1) is 15.6. The normalized spacial score (nSPS) is 27.3. The Labute approximate surface area is 192 Å². The molecule has 1 aliphatic heterocycles. The predicted octanol–water partition coefficient (Wildman–Crippen LogP) is 2.21. The maximum absolute atomic E-state index is 11.7. The van der Waals surface area contributed by atoms with Crippen LogP contribution in [0.25, 0.3) is 10.2 Å². The lowest BCUT2D eigenvalue weighted by molar-refractivity contribution is -0.128. The number of ether oxygens (including phenoxy) is 2. The molecule has 0 bridgehead atoms. The van der Waals surface area contributed by atoms with E-state index in [-0.39, 0.29) is 12.0 Å². The van der Waals surface area contributed by atoms with Crippen LogP contribution < -0.4 is 15.8 Å². The maximum atomic E-state index is 11.7. The Bertz CT molecular complexity index is 953. The van der Waals surface area contributed by atoms with E-state index in [2.05, 4.69) is 20.2 Å². The predicted molar refractivity (Wildman–Crippen MR) is 124 cm³/mol. The number of primary amides is 1. The number of rotatable bonds is 7. The first-order valence-electron chi connectivity index (χ1n) is 11.8. The van der Waals surface area contributed by atoms with Gasteiger partial charge in [-0.05, 0) is 56.4 Å².